The Morgan fingerprint density at radius 1 is 1.12 bits per heavy atom. The summed E-state index contributed by atoms with van der Waals surface area (Å²) >= 11 is 0. The normalized spacial score (nSPS) is 13.3. The van der Waals surface area contributed by atoms with Gasteiger partial charge < -0.3 is 10.1 Å². The van der Waals surface area contributed by atoms with E-state index in [9.17, 15) is 13.2 Å². The Hall–Kier alpha value is -2.34. The molecule has 0 unspecified atom stereocenters. The van der Waals surface area contributed by atoms with Crippen molar-refractivity contribution < 1.29 is 17.9 Å². The van der Waals surface area contributed by atoms with Gasteiger partial charge in [0, 0.05) is 11.8 Å². The number of benzene rings is 2. The maximum Gasteiger partial charge on any atom is 0.251 e. The second-order valence-electron chi connectivity index (χ2n) is 6.19. The highest BCUT2D eigenvalue weighted by Crippen LogP contribution is 2.25. The van der Waals surface area contributed by atoms with Crippen LogP contribution in [0.4, 0.5) is 0 Å². The topological polar surface area (TPSA) is 72.5 Å². The van der Waals surface area contributed by atoms with E-state index in [1.807, 2.05) is 6.07 Å². The SMILES string of the molecule is CS(=O)(=O)c1cccc(C(=O)NCCOc2ccc3c(c2)CCC3)c1. The number of ether oxygens (including phenoxy) is 1. The summed E-state index contributed by atoms with van der Waals surface area (Å²) in [6.07, 6.45) is 4.55. The molecule has 1 N–H and O–H groups in total. The van der Waals surface area contributed by atoms with E-state index >= 15 is 0 Å². The van der Waals surface area contributed by atoms with E-state index in [0.717, 1.165) is 24.8 Å². The molecule has 0 spiro atoms. The summed E-state index contributed by atoms with van der Waals surface area (Å²) in [7, 11) is -3.33. The van der Waals surface area contributed by atoms with Crippen LogP contribution >= 0.6 is 0 Å². The van der Waals surface area contributed by atoms with E-state index in [2.05, 4.69) is 17.4 Å². The van der Waals surface area contributed by atoms with Crippen LogP contribution in [-0.4, -0.2) is 33.7 Å². The number of amides is 1. The van der Waals surface area contributed by atoms with Crippen molar-refractivity contribution in [2.24, 2.45) is 0 Å². The van der Waals surface area contributed by atoms with Gasteiger partial charge in [0.25, 0.3) is 5.91 Å². The van der Waals surface area contributed by atoms with Gasteiger partial charge in [-0.05, 0) is 60.7 Å². The molecule has 25 heavy (non-hydrogen) atoms. The van der Waals surface area contributed by atoms with Crippen molar-refractivity contribution in [1.29, 1.82) is 0 Å². The Kier molecular flexibility index (Phi) is 5.08. The van der Waals surface area contributed by atoms with Crippen LogP contribution in [0.15, 0.2) is 47.4 Å². The third-order valence-electron chi connectivity index (χ3n) is 4.25. The zero-order valence-corrected chi connectivity index (χ0v) is 14.9. The second kappa shape index (κ2) is 7.27. The van der Waals surface area contributed by atoms with Gasteiger partial charge in [0.2, 0.25) is 0 Å². The van der Waals surface area contributed by atoms with Crippen molar-refractivity contribution in [3.05, 3.63) is 59.2 Å². The molecule has 0 aliphatic heterocycles. The molecule has 1 amide bonds. The minimum Gasteiger partial charge on any atom is -0.492 e. The smallest absolute Gasteiger partial charge is 0.251 e. The molecule has 0 atom stereocenters. The predicted octanol–water partition coefficient (Wildman–Crippen LogP) is 2.39. The standard InChI is InChI=1S/C19H21NO4S/c1-25(22,23)18-7-3-6-16(13-18)19(21)20-10-11-24-17-9-8-14-4-2-5-15(14)12-17/h3,6-9,12-13H,2,4-5,10-11H2,1H3,(H,20,21). The fourth-order valence-electron chi connectivity index (χ4n) is 2.94. The number of nitrogens with one attached hydrogen (secondary N) is 1. The van der Waals surface area contributed by atoms with E-state index in [4.69, 9.17) is 4.74 Å². The summed E-state index contributed by atoms with van der Waals surface area (Å²) < 4.78 is 28.8. The summed E-state index contributed by atoms with van der Waals surface area (Å²) in [5, 5.41) is 2.74. The van der Waals surface area contributed by atoms with Gasteiger partial charge >= 0.3 is 0 Å². The number of sulfone groups is 1. The number of carbonyl (C=O) groups is 1. The third kappa shape index (κ3) is 4.39. The van der Waals surface area contributed by atoms with Gasteiger partial charge in [0.1, 0.15) is 12.4 Å². The number of hydrogen-bond donors (Lipinski definition) is 1. The molecule has 1 aliphatic rings. The van der Waals surface area contributed by atoms with Gasteiger partial charge in [-0.15, -0.1) is 0 Å². The summed E-state index contributed by atoms with van der Waals surface area (Å²) in [5.74, 6) is 0.497. The fraction of sp³-hybridized carbons (Fsp3) is 0.316. The van der Waals surface area contributed by atoms with Crippen LogP contribution in [0.5, 0.6) is 5.75 Å². The average Bonchev–Trinajstić information content (AvgIpc) is 3.05. The molecule has 0 aromatic heterocycles. The third-order valence-corrected chi connectivity index (χ3v) is 5.36. The lowest BCUT2D eigenvalue weighted by atomic mass is 10.1. The molecule has 132 valence electrons. The molecule has 0 saturated carbocycles. The van der Waals surface area contributed by atoms with Crippen LogP contribution in [0.25, 0.3) is 0 Å². The van der Waals surface area contributed by atoms with Crippen LogP contribution in [0.2, 0.25) is 0 Å². The molecular formula is C19H21NO4S. The molecule has 5 nitrogen and oxygen atoms in total. The first-order chi connectivity index (χ1) is 11.9. The quantitative estimate of drug-likeness (QED) is 0.804. The van der Waals surface area contributed by atoms with Crippen molar-refractivity contribution in [3.63, 3.8) is 0 Å². The van der Waals surface area contributed by atoms with Gasteiger partial charge in [-0.25, -0.2) is 8.42 Å². The fourth-order valence-corrected chi connectivity index (χ4v) is 3.61. The van der Waals surface area contributed by atoms with Gasteiger partial charge in [0.05, 0.1) is 11.4 Å². The molecule has 2 aromatic carbocycles. The second-order valence-corrected chi connectivity index (χ2v) is 8.20. The molecule has 0 radical (unpaired) electrons. The van der Waals surface area contributed by atoms with E-state index in [1.54, 1.807) is 12.1 Å². The lowest BCUT2D eigenvalue weighted by Crippen LogP contribution is -2.28. The largest absolute Gasteiger partial charge is 0.492 e. The first-order valence-electron chi connectivity index (χ1n) is 8.26. The van der Waals surface area contributed by atoms with Crippen LogP contribution in [0, 0.1) is 0 Å². The van der Waals surface area contributed by atoms with Crippen molar-refractivity contribution >= 4 is 15.7 Å². The Morgan fingerprint density at radius 3 is 2.72 bits per heavy atom. The molecular weight excluding hydrogens is 338 g/mol. The first kappa shape index (κ1) is 17.5. The lowest BCUT2D eigenvalue weighted by Gasteiger charge is -2.09. The van der Waals surface area contributed by atoms with Gasteiger partial charge in [-0.3, -0.25) is 4.79 Å². The molecule has 6 heteroatoms. The minimum absolute atomic E-state index is 0.134. The maximum atomic E-state index is 12.1. The molecule has 1 aliphatic carbocycles. The molecule has 0 bridgehead atoms. The summed E-state index contributed by atoms with van der Waals surface area (Å²) in [6, 6.07) is 12.1. The number of aryl methyl sites for hydroxylation is 2. The highest BCUT2D eigenvalue weighted by Gasteiger charge is 2.12. The van der Waals surface area contributed by atoms with Crippen molar-refractivity contribution in [1.82, 2.24) is 5.32 Å². The summed E-state index contributed by atoms with van der Waals surface area (Å²) in [4.78, 5) is 12.3. The Bertz CT molecular complexity index is 890. The monoisotopic (exact) mass is 359 g/mol. The molecule has 2 aromatic rings. The van der Waals surface area contributed by atoms with Gasteiger partial charge in [0.15, 0.2) is 9.84 Å². The number of hydrogen-bond acceptors (Lipinski definition) is 4. The van der Waals surface area contributed by atoms with Crippen LogP contribution < -0.4 is 10.1 Å². The zero-order chi connectivity index (χ0) is 17.9. The number of fused-ring (bicyclic) bond motifs is 1. The van der Waals surface area contributed by atoms with Gasteiger partial charge in [-0.1, -0.05) is 12.1 Å². The first-order valence-corrected chi connectivity index (χ1v) is 10.2. The average molecular weight is 359 g/mol. The van der Waals surface area contributed by atoms with Crippen LogP contribution in [0.3, 0.4) is 0 Å². The Balaban J connectivity index is 1.51. The number of carbonyl (C=O) groups excluding carboxylic acids is 1. The predicted molar refractivity (Wildman–Crippen MR) is 95.8 cm³/mol. The molecule has 0 fully saturated rings. The Morgan fingerprint density at radius 2 is 1.92 bits per heavy atom. The maximum absolute atomic E-state index is 12.1. The summed E-state index contributed by atoms with van der Waals surface area (Å²) in [5.41, 5.74) is 3.06. The van der Waals surface area contributed by atoms with Crippen molar-refractivity contribution in [3.8, 4) is 5.75 Å². The van der Waals surface area contributed by atoms with E-state index in [1.165, 1.54) is 29.7 Å². The highest BCUT2D eigenvalue weighted by atomic mass is 32.2. The molecule has 0 heterocycles. The van der Waals surface area contributed by atoms with E-state index in [-0.39, 0.29) is 10.8 Å². The number of rotatable bonds is 6. The Labute approximate surface area is 147 Å². The van der Waals surface area contributed by atoms with Crippen molar-refractivity contribution in [2.75, 3.05) is 19.4 Å². The highest BCUT2D eigenvalue weighted by molar-refractivity contribution is 7.90. The molecule has 3 rings (SSSR count). The van der Waals surface area contributed by atoms with Crippen molar-refractivity contribution in [2.45, 2.75) is 24.2 Å². The van der Waals surface area contributed by atoms with Crippen LogP contribution in [0.1, 0.15) is 27.9 Å². The van der Waals surface area contributed by atoms with Gasteiger partial charge in [-0.2, -0.15) is 0 Å². The van der Waals surface area contributed by atoms with E-state index < -0.39 is 9.84 Å². The van der Waals surface area contributed by atoms with Crippen LogP contribution in [-0.2, 0) is 22.7 Å². The zero-order valence-electron chi connectivity index (χ0n) is 14.1. The lowest BCUT2D eigenvalue weighted by molar-refractivity contribution is 0.0947. The molecule has 0 saturated heterocycles. The van der Waals surface area contributed by atoms with E-state index in [0.29, 0.717) is 18.7 Å². The summed E-state index contributed by atoms with van der Waals surface area (Å²) in [6.45, 7) is 0.704. The minimum atomic E-state index is -3.33.